The molecule has 0 heterocycles. The first-order valence-corrected chi connectivity index (χ1v) is 17.6. The van der Waals surface area contributed by atoms with E-state index in [1.165, 1.54) is 32.1 Å². The molecule has 10 heteroatoms. The van der Waals surface area contributed by atoms with Crippen LogP contribution in [-0.4, -0.2) is 104 Å². The highest BCUT2D eigenvalue weighted by atomic mass is 16.5. The summed E-state index contributed by atoms with van der Waals surface area (Å²) >= 11 is 0. The number of hydrogen-bond acceptors (Lipinski definition) is 10. The minimum atomic E-state index is -1.04. The first-order chi connectivity index (χ1) is 21.1. The number of unbranched alkanes of at least 4 members (excludes halogenated alkanes) is 12. The third-order valence-electron chi connectivity index (χ3n) is 8.14. The Labute approximate surface area is 267 Å². The molecule has 0 saturated carbocycles. The smallest absolute Gasteiger partial charge is 0.308 e. The van der Waals surface area contributed by atoms with Crippen LogP contribution in [0.2, 0.25) is 0 Å². The normalized spacial score (nSPS) is 16.7. The Hall–Kier alpha value is -0.850. The number of carbonyl (C=O) groups excluding carboxylic acids is 1. The van der Waals surface area contributed by atoms with Gasteiger partial charge in [-0.05, 0) is 58.3 Å². The van der Waals surface area contributed by atoms with Crippen LogP contribution in [-0.2, 0) is 14.3 Å². The number of ether oxygens (including phenoxy) is 2. The van der Waals surface area contributed by atoms with E-state index >= 15 is 0 Å². The van der Waals surface area contributed by atoms with Crippen molar-refractivity contribution >= 4 is 5.97 Å². The zero-order chi connectivity index (χ0) is 33.0. The zero-order valence-electron chi connectivity index (χ0n) is 27.9. The van der Waals surface area contributed by atoms with Gasteiger partial charge >= 0.3 is 5.97 Å². The lowest BCUT2D eigenvalue weighted by molar-refractivity contribution is -0.151. The van der Waals surface area contributed by atoms with Crippen LogP contribution in [0.15, 0.2) is 0 Å². The maximum Gasteiger partial charge on any atom is 0.308 e. The molecule has 0 amide bonds. The molecule has 0 bridgehead atoms. The van der Waals surface area contributed by atoms with Crippen LogP contribution in [0, 0.1) is 0 Å². The highest BCUT2D eigenvalue weighted by Crippen LogP contribution is 2.19. The molecule has 0 spiro atoms. The van der Waals surface area contributed by atoms with E-state index < -0.39 is 43.2 Å². The number of carbonyl (C=O) groups is 1. The van der Waals surface area contributed by atoms with Gasteiger partial charge in [-0.2, -0.15) is 0 Å². The van der Waals surface area contributed by atoms with Gasteiger partial charge in [0.2, 0.25) is 0 Å². The van der Waals surface area contributed by atoms with Crippen LogP contribution >= 0.6 is 0 Å². The lowest BCUT2D eigenvalue weighted by Crippen LogP contribution is -2.32. The number of rotatable bonds is 32. The maximum atomic E-state index is 12.1. The largest absolute Gasteiger partial charge is 0.462 e. The van der Waals surface area contributed by atoms with E-state index in [2.05, 4.69) is 6.92 Å². The summed E-state index contributed by atoms with van der Waals surface area (Å²) in [5.74, 6) is -0.305. The molecule has 10 nitrogen and oxygen atoms in total. The second-order valence-corrected chi connectivity index (χ2v) is 12.7. The molecule has 0 aromatic heterocycles. The third kappa shape index (κ3) is 26.4. The van der Waals surface area contributed by atoms with Crippen LogP contribution in [0.25, 0.3) is 0 Å². The maximum absolute atomic E-state index is 12.1. The van der Waals surface area contributed by atoms with Crippen molar-refractivity contribution in [2.24, 2.45) is 0 Å². The molecule has 0 rings (SSSR count). The monoisotopic (exact) mass is 636 g/mol. The fraction of sp³-hybridized carbons (Fsp3) is 0.971. The van der Waals surface area contributed by atoms with Gasteiger partial charge in [0.05, 0.1) is 50.2 Å². The van der Waals surface area contributed by atoms with Crippen LogP contribution in [0.1, 0.15) is 149 Å². The van der Waals surface area contributed by atoms with Gasteiger partial charge in [-0.25, -0.2) is 0 Å². The van der Waals surface area contributed by atoms with Crippen molar-refractivity contribution < 1.29 is 50.0 Å². The van der Waals surface area contributed by atoms with Crippen LogP contribution in [0.5, 0.6) is 0 Å². The highest BCUT2D eigenvalue weighted by molar-refractivity contribution is 5.70. The number of aliphatic hydroxyl groups excluding tert-OH is 7. The fourth-order valence-electron chi connectivity index (χ4n) is 5.26. The first kappa shape index (κ1) is 43.1. The molecule has 0 saturated heterocycles. The average Bonchev–Trinajstić information content (AvgIpc) is 2.99. The highest BCUT2D eigenvalue weighted by Gasteiger charge is 2.21. The van der Waals surface area contributed by atoms with Gasteiger partial charge in [0.25, 0.3) is 0 Å². The summed E-state index contributed by atoms with van der Waals surface area (Å²) in [6.07, 6.45) is 12.9. The van der Waals surface area contributed by atoms with E-state index in [9.17, 15) is 35.4 Å². The summed E-state index contributed by atoms with van der Waals surface area (Å²) in [6.45, 7) is 3.50. The third-order valence-corrected chi connectivity index (χ3v) is 8.14. The average molecular weight is 637 g/mol. The van der Waals surface area contributed by atoms with Crippen molar-refractivity contribution in [2.45, 2.75) is 191 Å². The van der Waals surface area contributed by atoms with Crippen molar-refractivity contribution in [3.63, 3.8) is 0 Å². The van der Waals surface area contributed by atoms with Crippen molar-refractivity contribution in [1.82, 2.24) is 0 Å². The molecule has 0 radical (unpaired) electrons. The Morgan fingerprint density at radius 2 is 1.02 bits per heavy atom. The van der Waals surface area contributed by atoms with E-state index in [1.807, 2.05) is 0 Å². The Kier molecular flexibility index (Phi) is 29.0. The predicted molar refractivity (Wildman–Crippen MR) is 172 cm³/mol. The van der Waals surface area contributed by atoms with Crippen LogP contribution < -0.4 is 0 Å². The summed E-state index contributed by atoms with van der Waals surface area (Å²) < 4.78 is 10.8. The molecule has 0 aromatic carbocycles. The van der Waals surface area contributed by atoms with Crippen molar-refractivity contribution in [3.05, 3.63) is 0 Å². The lowest BCUT2D eigenvalue weighted by atomic mass is 9.98. The molecule has 7 N–H and O–H groups in total. The Morgan fingerprint density at radius 1 is 0.591 bits per heavy atom. The molecule has 44 heavy (non-hydrogen) atoms. The van der Waals surface area contributed by atoms with Gasteiger partial charge < -0.3 is 45.2 Å². The molecule has 7 atom stereocenters. The van der Waals surface area contributed by atoms with E-state index in [-0.39, 0.29) is 51.0 Å². The Bertz CT molecular complexity index is 635. The first-order valence-electron chi connectivity index (χ1n) is 17.6. The molecule has 0 unspecified atom stereocenters. The van der Waals surface area contributed by atoms with Crippen molar-refractivity contribution in [3.8, 4) is 0 Å². The van der Waals surface area contributed by atoms with Gasteiger partial charge in [-0.15, -0.1) is 0 Å². The fourth-order valence-corrected chi connectivity index (χ4v) is 5.26. The number of esters is 1. The van der Waals surface area contributed by atoms with Gasteiger partial charge in [0.15, 0.2) is 0 Å². The molecule has 0 aliphatic carbocycles. The quantitative estimate of drug-likeness (QED) is 0.0416. The molecular weight excluding hydrogens is 568 g/mol. The lowest BCUT2D eigenvalue weighted by Gasteiger charge is -2.22. The topological polar surface area (TPSA) is 177 Å². The van der Waals surface area contributed by atoms with E-state index in [1.54, 1.807) is 6.92 Å². The van der Waals surface area contributed by atoms with E-state index in [0.717, 1.165) is 70.6 Å². The molecule has 0 aliphatic rings. The van der Waals surface area contributed by atoms with Crippen LogP contribution in [0.3, 0.4) is 0 Å². The molecule has 264 valence electrons. The minimum absolute atomic E-state index is 0.0449. The summed E-state index contributed by atoms with van der Waals surface area (Å²) in [6, 6.07) is 0. The molecule has 0 fully saturated rings. The predicted octanol–water partition coefficient (Wildman–Crippen LogP) is 4.30. The number of hydrogen-bond donors (Lipinski definition) is 7. The van der Waals surface area contributed by atoms with Gasteiger partial charge in [-0.3, -0.25) is 4.79 Å². The van der Waals surface area contributed by atoms with Crippen LogP contribution in [0.4, 0.5) is 0 Å². The summed E-state index contributed by atoms with van der Waals surface area (Å²) in [5, 5.41) is 68.0. The summed E-state index contributed by atoms with van der Waals surface area (Å²) in [7, 11) is 0. The minimum Gasteiger partial charge on any atom is -0.462 e. The zero-order valence-corrected chi connectivity index (χ0v) is 27.9. The van der Waals surface area contributed by atoms with Crippen molar-refractivity contribution in [1.29, 1.82) is 0 Å². The number of aliphatic hydroxyl groups is 7. The second-order valence-electron chi connectivity index (χ2n) is 12.7. The van der Waals surface area contributed by atoms with Gasteiger partial charge in [0, 0.05) is 6.61 Å². The van der Waals surface area contributed by atoms with Gasteiger partial charge in [-0.1, -0.05) is 84.0 Å². The molecule has 0 aliphatic heterocycles. The molecular formula is C34H68O10. The summed E-state index contributed by atoms with van der Waals surface area (Å²) in [5.41, 5.74) is 0. The Morgan fingerprint density at radius 3 is 1.50 bits per heavy atom. The second kappa shape index (κ2) is 29.5. The Balaban J connectivity index is 3.94. The van der Waals surface area contributed by atoms with E-state index in [0.29, 0.717) is 6.42 Å². The SMILES string of the molecule is CCCCCCCC[C@H](CCCCCCCCCC[C@H](O)[C@H](O)CC[C@H](O)[C@H](O)CCOC[C@H](O)CO)OC(=O)C[C@H](C)O. The van der Waals surface area contributed by atoms with Crippen molar-refractivity contribution in [2.75, 3.05) is 19.8 Å². The summed E-state index contributed by atoms with van der Waals surface area (Å²) in [4.78, 5) is 12.1. The van der Waals surface area contributed by atoms with Gasteiger partial charge in [0.1, 0.15) is 12.2 Å². The molecule has 0 aromatic rings. The standard InChI is InChI=1S/C34H68O10/c1-3-4-5-6-11-14-17-29(44-34(42)24-27(2)36)18-15-12-9-7-8-10-13-16-19-30(38)31(39)20-21-32(40)33(41)22-23-43-26-28(37)25-35/h27-33,35-41H,3-26H2,1-2H3/t27-,28+,29+,30-,31+,32-,33+/m0/s1. The van der Waals surface area contributed by atoms with E-state index in [4.69, 9.17) is 14.6 Å².